The van der Waals surface area contributed by atoms with Crippen LogP contribution in [0.5, 0.6) is 0 Å². The van der Waals surface area contributed by atoms with Crippen LogP contribution in [0.15, 0.2) is 78.0 Å². The largest absolute Gasteiger partial charge is 0.349 e. The van der Waals surface area contributed by atoms with Gasteiger partial charge in [-0.1, -0.05) is 66.4 Å². The molecule has 31 heavy (non-hydrogen) atoms. The maximum Gasteiger partial charge on any atom is 0.230 e. The maximum absolute atomic E-state index is 12.6. The topological polar surface area (TPSA) is 59.8 Å². The normalized spacial score (nSPS) is 14.5. The number of carbonyl (C=O) groups is 1. The van der Waals surface area contributed by atoms with E-state index in [2.05, 4.69) is 40.7 Å². The van der Waals surface area contributed by atoms with Crippen molar-refractivity contribution in [2.75, 3.05) is 5.75 Å². The fraction of sp³-hybridized carbons (Fsp3) is 0.240. The van der Waals surface area contributed by atoms with Crippen molar-refractivity contribution in [1.29, 1.82) is 0 Å². The van der Waals surface area contributed by atoms with Gasteiger partial charge < -0.3 is 5.32 Å². The van der Waals surface area contributed by atoms with Crippen LogP contribution in [0.25, 0.3) is 16.5 Å². The lowest BCUT2D eigenvalue weighted by Crippen LogP contribution is -2.28. The van der Waals surface area contributed by atoms with E-state index in [0.717, 1.165) is 29.9 Å². The summed E-state index contributed by atoms with van der Waals surface area (Å²) in [5.74, 6) is 1.75. The van der Waals surface area contributed by atoms with Crippen molar-refractivity contribution >= 4 is 28.4 Å². The zero-order valence-electron chi connectivity index (χ0n) is 17.4. The fourth-order valence-electron chi connectivity index (χ4n) is 3.70. The van der Waals surface area contributed by atoms with Gasteiger partial charge in [0.05, 0.1) is 17.5 Å². The van der Waals surface area contributed by atoms with Gasteiger partial charge in [-0.15, -0.1) is 5.10 Å². The highest BCUT2D eigenvalue weighted by molar-refractivity contribution is 7.99. The van der Waals surface area contributed by atoms with Crippen molar-refractivity contribution in [3.8, 4) is 5.69 Å². The molecule has 1 unspecified atom stereocenters. The van der Waals surface area contributed by atoms with Crippen LogP contribution in [-0.2, 0) is 4.79 Å². The SMILES string of the molecule is CC(NC(=O)CSc1nc(C2CC2)n(-c2ccccc2)n1)c1ccc2ccccc2c1. The van der Waals surface area contributed by atoms with E-state index in [9.17, 15) is 4.79 Å². The molecule has 3 aromatic carbocycles. The predicted octanol–water partition coefficient (Wildman–Crippen LogP) is 5.27. The maximum atomic E-state index is 12.6. The third kappa shape index (κ3) is 4.49. The Morgan fingerprint density at radius 1 is 1.06 bits per heavy atom. The number of nitrogens with zero attached hydrogens (tertiary/aromatic N) is 3. The van der Waals surface area contributed by atoms with Gasteiger partial charge in [-0.25, -0.2) is 9.67 Å². The summed E-state index contributed by atoms with van der Waals surface area (Å²) in [6.07, 6.45) is 2.30. The number of carbonyl (C=O) groups excluding carboxylic acids is 1. The summed E-state index contributed by atoms with van der Waals surface area (Å²) in [5.41, 5.74) is 2.11. The van der Waals surface area contributed by atoms with Crippen LogP contribution in [0.3, 0.4) is 0 Å². The van der Waals surface area contributed by atoms with Crippen molar-refractivity contribution < 1.29 is 4.79 Å². The van der Waals surface area contributed by atoms with Gasteiger partial charge in [0, 0.05) is 5.92 Å². The molecule has 0 radical (unpaired) electrons. The van der Waals surface area contributed by atoms with Gasteiger partial charge in [0.25, 0.3) is 0 Å². The zero-order valence-corrected chi connectivity index (χ0v) is 18.2. The summed E-state index contributed by atoms with van der Waals surface area (Å²) >= 11 is 1.39. The highest BCUT2D eigenvalue weighted by Crippen LogP contribution is 2.40. The molecule has 1 aliphatic rings. The van der Waals surface area contributed by atoms with E-state index in [-0.39, 0.29) is 11.9 Å². The fourth-order valence-corrected chi connectivity index (χ4v) is 4.35. The first kappa shape index (κ1) is 19.8. The monoisotopic (exact) mass is 428 g/mol. The minimum Gasteiger partial charge on any atom is -0.349 e. The Kier molecular flexibility index (Phi) is 5.47. The Morgan fingerprint density at radius 3 is 2.58 bits per heavy atom. The summed E-state index contributed by atoms with van der Waals surface area (Å²) in [5, 5.41) is 10.8. The lowest BCUT2D eigenvalue weighted by molar-refractivity contribution is -0.119. The molecule has 0 aliphatic heterocycles. The number of hydrogen-bond acceptors (Lipinski definition) is 4. The van der Waals surface area contributed by atoms with Crippen LogP contribution < -0.4 is 5.32 Å². The Hall–Kier alpha value is -3.12. The van der Waals surface area contributed by atoms with Crippen LogP contribution in [0, 0.1) is 0 Å². The first-order valence-electron chi connectivity index (χ1n) is 10.6. The highest BCUT2D eigenvalue weighted by Gasteiger charge is 2.30. The number of rotatable bonds is 7. The van der Waals surface area contributed by atoms with Crippen molar-refractivity contribution in [2.24, 2.45) is 0 Å². The quantitative estimate of drug-likeness (QED) is 0.408. The molecule has 1 heterocycles. The third-order valence-corrected chi connectivity index (χ3v) is 6.38. The molecule has 5 rings (SSSR count). The Morgan fingerprint density at radius 2 is 1.81 bits per heavy atom. The molecule has 0 saturated heterocycles. The zero-order chi connectivity index (χ0) is 21.2. The van der Waals surface area contributed by atoms with Gasteiger partial charge >= 0.3 is 0 Å². The smallest absolute Gasteiger partial charge is 0.230 e. The van der Waals surface area contributed by atoms with Crippen molar-refractivity contribution in [1.82, 2.24) is 20.1 Å². The lowest BCUT2D eigenvalue weighted by atomic mass is 10.0. The van der Waals surface area contributed by atoms with Crippen LogP contribution in [-0.4, -0.2) is 26.4 Å². The average molecular weight is 429 g/mol. The van der Waals surface area contributed by atoms with Gasteiger partial charge in [0.1, 0.15) is 5.82 Å². The van der Waals surface area contributed by atoms with Crippen molar-refractivity contribution in [2.45, 2.75) is 36.9 Å². The summed E-state index contributed by atoms with van der Waals surface area (Å²) in [4.78, 5) is 17.3. The second-order valence-electron chi connectivity index (χ2n) is 7.96. The number of amides is 1. The summed E-state index contributed by atoms with van der Waals surface area (Å²) in [6.45, 7) is 2.01. The number of hydrogen-bond donors (Lipinski definition) is 1. The van der Waals surface area contributed by atoms with E-state index in [4.69, 9.17) is 4.98 Å². The molecule has 0 bridgehead atoms. The van der Waals surface area contributed by atoms with Gasteiger partial charge in [0.2, 0.25) is 11.1 Å². The minimum absolute atomic E-state index is 0.0188. The molecule has 1 atom stereocenters. The van der Waals surface area contributed by atoms with Crippen molar-refractivity contribution in [3.05, 3.63) is 84.2 Å². The van der Waals surface area contributed by atoms with Gasteiger partial charge in [-0.2, -0.15) is 0 Å². The van der Waals surface area contributed by atoms with E-state index in [1.165, 1.54) is 22.5 Å². The molecule has 1 saturated carbocycles. The van der Waals surface area contributed by atoms with Crippen LogP contribution in [0.2, 0.25) is 0 Å². The molecule has 6 heteroatoms. The average Bonchev–Trinajstić information content (AvgIpc) is 3.57. The first-order valence-corrected chi connectivity index (χ1v) is 11.6. The molecule has 4 aromatic rings. The molecule has 1 amide bonds. The molecule has 1 fully saturated rings. The first-order chi connectivity index (χ1) is 15.2. The van der Waals surface area contributed by atoms with Crippen LogP contribution in [0.4, 0.5) is 0 Å². The Balaban J connectivity index is 1.24. The third-order valence-electron chi connectivity index (χ3n) is 5.54. The van der Waals surface area contributed by atoms with E-state index in [1.807, 2.05) is 54.1 Å². The second kappa shape index (κ2) is 8.55. The predicted molar refractivity (Wildman–Crippen MR) is 125 cm³/mol. The second-order valence-corrected chi connectivity index (χ2v) is 8.90. The van der Waals surface area contributed by atoms with Gasteiger partial charge in [-0.05, 0) is 54.3 Å². The Bertz CT molecular complexity index is 1220. The van der Waals surface area contributed by atoms with E-state index < -0.39 is 0 Å². The molecule has 1 N–H and O–H groups in total. The summed E-state index contributed by atoms with van der Waals surface area (Å²) in [6, 6.07) is 24.6. The minimum atomic E-state index is -0.0606. The number of aromatic nitrogens is 3. The number of fused-ring (bicyclic) bond motifs is 1. The highest BCUT2D eigenvalue weighted by atomic mass is 32.2. The molecule has 5 nitrogen and oxygen atoms in total. The van der Waals surface area contributed by atoms with Crippen molar-refractivity contribution in [3.63, 3.8) is 0 Å². The molecular formula is C25H24N4OS. The van der Waals surface area contributed by atoms with E-state index in [0.29, 0.717) is 16.8 Å². The number of thioether (sulfide) groups is 1. The Labute approximate surface area is 185 Å². The summed E-state index contributed by atoms with van der Waals surface area (Å²) < 4.78 is 1.93. The molecule has 1 aliphatic carbocycles. The summed E-state index contributed by atoms with van der Waals surface area (Å²) in [7, 11) is 0. The lowest BCUT2D eigenvalue weighted by Gasteiger charge is -2.14. The molecular weight excluding hydrogens is 404 g/mol. The van der Waals surface area contributed by atoms with Crippen LogP contribution in [0.1, 0.15) is 43.1 Å². The van der Waals surface area contributed by atoms with Gasteiger partial charge in [0.15, 0.2) is 0 Å². The molecule has 0 spiro atoms. The molecule has 156 valence electrons. The standard InChI is InChI=1S/C25H24N4OS/c1-17(20-14-11-18-7-5-6-8-21(18)15-20)26-23(30)16-31-25-27-24(19-12-13-19)29(28-25)22-9-3-2-4-10-22/h2-11,14-15,17,19H,12-13,16H2,1H3,(H,26,30). The van der Waals surface area contributed by atoms with E-state index >= 15 is 0 Å². The van der Waals surface area contributed by atoms with Gasteiger partial charge in [-0.3, -0.25) is 4.79 Å². The molecule has 1 aromatic heterocycles. The number of benzene rings is 3. The number of nitrogens with one attached hydrogen (secondary N) is 1. The van der Waals surface area contributed by atoms with Crippen LogP contribution >= 0.6 is 11.8 Å². The number of para-hydroxylation sites is 1. The van der Waals surface area contributed by atoms with E-state index in [1.54, 1.807) is 0 Å².